The first-order valence-corrected chi connectivity index (χ1v) is 11.1. The first kappa shape index (κ1) is 21.0. The topological polar surface area (TPSA) is 53.8 Å². The van der Waals surface area contributed by atoms with Gasteiger partial charge in [-0.3, -0.25) is 4.79 Å². The molecule has 30 heavy (non-hydrogen) atoms. The summed E-state index contributed by atoms with van der Waals surface area (Å²) in [4.78, 5) is 14.1. The molecule has 0 spiro atoms. The second-order valence-corrected chi connectivity index (χ2v) is 9.19. The van der Waals surface area contributed by atoms with Crippen LogP contribution in [0, 0.1) is 25.6 Å². The molecule has 1 aliphatic carbocycles. The number of amides is 1. The lowest BCUT2D eigenvalue weighted by molar-refractivity contribution is -0.937. The Morgan fingerprint density at radius 3 is 2.70 bits per heavy atom. The molecule has 4 atom stereocenters. The molecule has 1 aliphatic heterocycles. The number of fused-ring (bicyclic) bond motifs is 1. The molecule has 1 heterocycles. The van der Waals surface area contributed by atoms with Gasteiger partial charge >= 0.3 is 0 Å². The number of nitrogens with one attached hydrogen (secondary N) is 2. The molecule has 0 radical (unpaired) electrons. The van der Waals surface area contributed by atoms with Crippen molar-refractivity contribution < 1.29 is 19.2 Å². The summed E-state index contributed by atoms with van der Waals surface area (Å²) in [5, 5.41) is 14.4. The summed E-state index contributed by atoms with van der Waals surface area (Å²) >= 11 is 0. The van der Waals surface area contributed by atoms with Gasteiger partial charge in [0.25, 0.3) is 5.91 Å². The Bertz CT molecular complexity index is 914. The minimum absolute atomic E-state index is 0.00555. The van der Waals surface area contributed by atoms with Crippen LogP contribution in [0.3, 0.4) is 0 Å². The number of halogens is 1. The van der Waals surface area contributed by atoms with Gasteiger partial charge in [-0.05, 0) is 56.0 Å². The summed E-state index contributed by atoms with van der Waals surface area (Å²) in [6, 6.07) is 12.7. The SMILES string of the molecule is Cc1ccc(C)c(NC(=O)C[NH+]2CC[C@@]3(O)CCCC[C@@H]3[C@@H]2c2ccc(F)cc2)c1. The number of anilines is 1. The smallest absolute Gasteiger partial charge is 0.279 e. The maximum Gasteiger partial charge on any atom is 0.279 e. The number of quaternary nitrogens is 1. The average molecular weight is 412 g/mol. The van der Waals surface area contributed by atoms with E-state index in [0.717, 1.165) is 59.5 Å². The number of carbonyl (C=O) groups is 1. The van der Waals surface area contributed by atoms with E-state index >= 15 is 0 Å². The molecule has 2 fully saturated rings. The molecule has 1 amide bonds. The summed E-state index contributed by atoms with van der Waals surface area (Å²) in [5.74, 6) is -0.191. The zero-order valence-electron chi connectivity index (χ0n) is 17.9. The number of rotatable bonds is 4. The van der Waals surface area contributed by atoms with Gasteiger partial charge in [0.15, 0.2) is 6.54 Å². The highest BCUT2D eigenvalue weighted by Crippen LogP contribution is 2.44. The number of aryl methyl sites for hydroxylation is 2. The lowest BCUT2D eigenvalue weighted by Gasteiger charge is -2.50. The molecule has 1 saturated carbocycles. The molecule has 4 nitrogen and oxygen atoms in total. The van der Waals surface area contributed by atoms with Crippen LogP contribution in [-0.2, 0) is 4.79 Å². The average Bonchev–Trinajstić information content (AvgIpc) is 2.71. The number of carbonyl (C=O) groups excluding carboxylic acids is 1. The van der Waals surface area contributed by atoms with Crippen molar-refractivity contribution in [3.05, 3.63) is 65.0 Å². The zero-order chi connectivity index (χ0) is 21.3. The Kier molecular flexibility index (Phi) is 5.94. The number of aliphatic hydroxyl groups is 1. The van der Waals surface area contributed by atoms with Crippen LogP contribution >= 0.6 is 0 Å². The summed E-state index contributed by atoms with van der Waals surface area (Å²) in [6.07, 6.45) is 4.61. The van der Waals surface area contributed by atoms with Gasteiger partial charge in [0, 0.05) is 23.6 Å². The predicted octanol–water partition coefficient (Wildman–Crippen LogP) is 3.33. The number of benzene rings is 2. The molecule has 160 valence electrons. The molecule has 1 saturated heterocycles. The minimum atomic E-state index is -0.676. The fraction of sp³-hybridized carbons (Fsp3) is 0.480. The van der Waals surface area contributed by atoms with Gasteiger partial charge in [0.2, 0.25) is 0 Å². The summed E-state index contributed by atoms with van der Waals surface area (Å²) in [6.45, 7) is 5.07. The highest BCUT2D eigenvalue weighted by molar-refractivity contribution is 5.92. The molecule has 5 heteroatoms. The summed E-state index contributed by atoms with van der Waals surface area (Å²) in [5.41, 5.74) is 3.33. The predicted molar refractivity (Wildman–Crippen MR) is 116 cm³/mol. The quantitative estimate of drug-likeness (QED) is 0.723. The Hall–Kier alpha value is -2.24. The lowest BCUT2D eigenvalue weighted by atomic mass is 9.66. The first-order chi connectivity index (χ1) is 14.4. The number of hydrogen-bond donors (Lipinski definition) is 3. The maximum atomic E-state index is 13.6. The molecule has 2 aromatic carbocycles. The van der Waals surface area contributed by atoms with Crippen molar-refractivity contribution in [3.63, 3.8) is 0 Å². The third-order valence-electron chi connectivity index (χ3n) is 7.07. The normalized spacial score (nSPS) is 28.6. The number of likely N-dealkylation sites (tertiary alicyclic amines) is 1. The maximum absolute atomic E-state index is 13.6. The third-order valence-corrected chi connectivity index (χ3v) is 7.07. The molecular formula is C25H32FN2O2+. The van der Waals surface area contributed by atoms with Crippen molar-refractivity contribution in [2.45, 2.75) is 57.6 Å². The van der Waals surface area contributed by atoms with Gasteiger partial charge < -0.3 is 15.3 Å². The largest absolute Gasteiger partial charge is 0.389 e. The van der Waals surface area contributed by atoms with E-state index in [9.17, 15) is 14.3 Å². The number of piperidine rings is 1. The van der Waals surface area contributed by atoms with E-state index in [2.05, 4.69) is 5.32 Å². The minimum Gasteiger partial charge on any atom is -0.389 e. The van der Waals surface area contributed by atoms with Crippen LogP contribution in [0.15, 0.2) is 42.5 Å². The van der Waals surface area contributed by atoms with Gasteiger partial charge in [-0.1, -0.05) is 37.1 Å². The summed E-state index contributed by atoms with van der Waals surface area (Å²) in [7, 11) is 0. The molecular weight excluding hydrogens is 379 g/mol. The van der Waals surface area contributed by atoms with E-state index in [1.54, 1.807) is 0 Å². The molecule has 2 aromatic rings. The van der Waals surface area contributed by atoms with E-state index in [-0.39, 0.29) is 23.7 Å². The monoisotopic (exact) mass is 411 g/mol. The van der Waals surface area contributed by atoms with Gasteiger partial charge in [-0.25, -0.2) is 4.39 Å². The lowest BCUT2D eigenvalue weighted by Crippen LogP contribution is -3.16. The Morgan fingerprint density at radius 1 is 1.17 bits per heavy atom. The van der Waals surface area contributed by atoms with Crippen molar-refractivity contribution in [3.8, 4) is 0 Å². The molecule has 1 unspecified atom stereocenters. The Labute approximate surface area is 178 Å². The molecule has 0 aromatic heterocycles. The van der Waals surface area contributed by atoms with Crippen LogP contribution in [0.2, 0.25) is 0 Å². The van der Waals surface area contributed by atoms with Crippen molar-refractivity contribution in [1.82, 2.24) is 0 Å². The van der Waals surface area contributed by atoms with Crippen molar-refractivity contribution in [2.75, 3.05) is 18.4 Å². The fourth-order valence-corrected chi connectivity index (χ4v) is 5.46. The van der Waals surface area contributed by atoms with Crippen LogP contribution in [0.5, 0.6) is 0 Å². The Morgan fingerprint density at radius 2 is 1.93 bits per heavy atom. The standard InChI is InChI=1S/C25H31FN2O2/c1-17-6-7-18(2)22(15-17)27-23(29)16-28-14-13-25(30)12-4-3-5-21(25)24(28)19-8-10-20(26)11-9-19/h6-11,15,21,24,30H,3-5,12-14,16H2,1-2H3,(H,27,29)/p+1/t21-,24+,25+/m1/s1. The van der Waals surface area contributed by atoms with Crippen LogP contribution in [0.1, 0.15) is 54.8 Å². The van der Waals surface area contributed by atoms with E-state index in [1.165, 1.54) is 12.1 Å². The van der Waals surface area contributed by atoms with E-state index in [4.69, 9.17) is 0 Å². The molecule has 4 rings (SSSR count). The van der Waals surface area contributed by atoms with Gasteiger partial charge in [-0.2, -0.15) is 0 Å². The molecule has 3 N–H and O–H groups in total. The van der Waals surface area contributed by atoms with E-state index in [0.29, 0.717) is 13.0 Å². The highest BCUT2D eigenvalue weighted by atomic mass is 19.1. The molecule has 2 aliphatic rings. The van der Waals surface area contributed by atoms with Crippen LogP contribution in [0.25, 0.3) is 0 Å². The number of hydrogen-bond acceptors (Lipinski definition) is 2. The first-order valence-electron chi connectivity index (χ1n) is 11.1. The van der Waals surface area contributed by atoms with Gasteiger partial charge in [0.1, 0.15) is 11.9 Å². The second kappa shape index (κ2) is 8.48. The van der Waals surface area contributed by atoms with Crippen LogP contribution in [0.4, 0.5) is 10.1 Å². The Balaban J connectivity index is 1.58. The van der Waals surface area contributed by atoms with Gasteiger partial charge in [0.05, 0.1) is 12.1 Å². The van der Waals surface area contributed by atoms with Crippen molar-refractivity contribution in [1.29, 1.82) is 0 Å². The van der Waals surface area contributed by atoms with Crippen molar-refractivity contribution in [2.24, 2.45) is 5.92 Å². The van der Waals surface area contributed by atoms with Crippen molar-refractivity contribution >= 4 is 11.6 Å². The summed E-state index contributed by atoms with van der Waals surface area (Å²) < 4.78 is 13.6. The van der Waals surface area contributed by atoms with E-state index in [1.807, 2.05) is 44.2 Å². The van der Waals surface area contributed by atoms with E-state index < -0.39 is 5.60 Å². The van der Waals surface area contributed by atoms with Crippen LogP contribution < -0.4 is 10.2 Å². The van der Waals surface area contributed by atoms with Crippen LogP contribution in [-0.4, -0.2) is 29.7 Å². The van der Waals surface area contributed by atoms with Gasteiger partial charge in [-0.15, -0.1) is 0 Å². The fourth-order valence-electron chi connectivity index (χ4n) is 5.46. The highest BCUT2D eigenvalue weighted by Gasteiger charge is 2.51. The molecule has 0 bridgehead atoms. The zero-order valence-corrected chi connectivity index (χ0v) is 17.9. The second-order valence-electron chi connectivity index (χ2n) is 9.19. The third kappa shape index (κ3) is 4.28.